The maximum atomic E-state index is 11.8. The minimum atomic E-state index is -0.522. The smallest absolute Gasteiger partial charge is 0.309 e. The van der Waals surface area contributed by atoms with Gasteiger partial charge < -0.3 is 14.8 Å². The first-order valence-corrected chi connectivity index (χ1v) is 8.20. The summed E-state index contributed by atoms with van der Waals surface area (Å²) in [5.41, 5.74) is 1.95. The fourth-order valence-electron chi connectivity index (χ4n) is 2.19. The molecule has 0 aromatic heterocycles. The van der Waals surface area contributed by atoms with Crippen molar-refractivity contribution in [2.24, 2.45) is 0 Å². The number of aryl methyl sites for hydroxylation is 1. The van der Waals surface area contributed by atoms with Crippen LogP contribution in [0.2, 0.25) is 0 Å². The van der Waals surface area contributed by atoms with Crippen molar-refractivity contribution in [3.05, 3.63) is 59.7 Å². The van der Waals surface area contributed by atoms with Crippen LogP contribution in [0, 0.1) is 6.92 Å². The summed E-state index contributed by atoms with van der Waals surface area (Å²) < 4.78 is 10.4. The summed E-state index contributed by atoms with van der Waals surface area (Å²) >= 11 is 0. The number of hydrogen-bond donors (Lipinski definition) is 1. The molecule has 1 N–H and O–H groups in total. The molecule has 26 heavy (non-hydrogen) atoms. The Bertz CT molecular complexity index is 800. The quantitative estimate of drug-likeness (QED) is 0.581. The summed E-state index contributed by atoms with van der Waals surface area (Å²) in [5, 5.41) is 2.58. The molecule has 0 saturated heterocycles. The normalized spacial score (nSPS) is 10.1. The number of anilines is 1. The van der Waals surface area contributed by atoms with Crippen LogP contribution in [-0.2, 0) is 14.3 Å². The van der Waals surface area contributed by atoms with Gasteiger partial charge in [-0.1, -0.05) is 30.3 Å². The van der Waals surface area contributed by atoms with E-state index in [1.165, 1.54) is 6.92 Å². The van der Waals surface area contributed by atoms with Crippen molar-refractivity contribution in [2.75, 3.05) is 18.5 Å². The highest BCUT2D eigenvalue weighted by Gasteiger charge is 2.09. The van der Waals surface area contributed by atoms with Crippen molar-refractivity contribution in [3.8, 4) is 5.75 Å². The van der Waals surface area contributed by atoms with E-state index in [1.807, 2.05) is 31.2 Å². The Labute approximate surface area is 152 Å². The fraction of sp³-hybridized carbons (Fsp3) is 0.250. The van der Waals surface area contributed by atoms with Gasteiger partial charge in [0.2, 0.25) is 0 Å². The third-order valence-electron chi connectivity index (χ3n) is 3.57. The van der Waals surface area contributed by atoms with Crippen LogP contribution < -0.4 is 10.1 Å². The second kappa shape index (κ2) is 9.36. The Hall–Kier alpha value is -3.15. The van der Waals surface area contributed by atoms with E-state index < -0.39 is 18.5 Å². The van der Waals surface area contributed by atoms with Crippen molar-refractivity contribution in [3.63, 3.8) is 0 Å². The highest BCUT2D eigenvalue weighted by molar-refractivity contribution is 5.97. The van der Waals surface area contributed by atoms with Crippen LogP contribution >= 0.6 is 0 Å². The Morgan fingerprint density at radius 3 is 2.54 bits per heavy atom. The van der Waals surface area contributed by atoms with E-state index >= 15 is 0 Å². The number of Topliss-reactive ketones (excluding diaryl/α,β-unsaturated/α-hetero) is 1. The van der Waals surface area contributed by atoms with Gasteiger partial charge in [-0.05, 0) is 37.6 Å². The summed E-state index contributed by atoms with van der Waals surface area (Å²) in [5.74, 6) is -0.380. The third-order valence-corrected chi connectivity index (χ3v) is 3.57. The summed E-state index contributed by atoms with van der Waals surface area (Å²) in [6.07, 6.45) is 0.0431. The molecule has 6 nitrogen and oxygen atoms in total. The molecule has 2 rings (SSSR count). The molecule has 136 valence electrons. The number of rotatable bonds is 8. The average molecular weight is 355 g/mol. The predicted molar refractivity (Wildman–Crippen MR) is 97.3 cm³/mol. The Morgan fingerprint density at radius 2 is 1.81 bits per heavy atom. The van der Waals surface area contributed by atoms with Crippen LogP contribution in [0.3, 0.4) is 0 Å². The zero-order chi connectivity index (χ0) is 18.9. The lowest BCUT2D eigenvalue weighted by molar-refractivity contribution is -0.147. The van der Waals surface area contributed by atoms with Crippen LogP contribution in [0.15, 0.2) is 48.5 Å². The predicted octanol–water partition coefficient (Wildman–Crippen LogP) is 3.15. The molecule has 0 aliphatic carbocycles. The number of amides is 1. The number of carbonyl (C=O) groups is 3. The largest absolute Gasteiger partial charge is 0.493 e. The molecule has 0 aliphatic heterocycles. The molecule has 0 bridgehead atoms. The second-order valence-corrected chi connectivity index (χ2v) is 5.71. The van der Waals surface area contributed by atoms with Gasteiger partial charge in [-0.25, -0.2) is 0 Å². The van der Waals surface area contributed by atoms with Gasteiger partial charge >= 0.3 is 5.97 Å². The molecule has 2 aromatic carbocycles. The van der Waals surface area contributed by atoms with E-state index in [2.05, 4.69) is 5.32 Å². The van der Waals surface area contributed by atoms with E-state index in [4.69, 9.17) is 9.47 Å². The van der Waals surface area contributed by atoms with Gasteiger partial charge in [0.15, 0.2) is 12.4 Å². The van der Waals surface area contributed by atoms with E-state index in [-0.39, 0.29) is 18.8 Å². The number of carbonyl (C=O) groups excluding carboxylic acids is 3. The fourth-order valence-corrected chi connectivity index (χ4v) is 2.19. The van der Waals surface area contributed by atoms with Gasteiger partial charge in [0.05, 0.1) is 13.0 Å². The molecule has 0 heterocycles. The summed E-state index contributed by atoms with van der Waals surface area (Å²) in [7, 11) is 0. The van der Waals surface area contributed by atoms with Gasteiger partial charge in [0.25, 0.3) is 5.91 Å². The van der Waals surface area contributed by atoms with Crippen LogP contribution in [0.5, 0.6) is 5.75 Å². The molecule has 0 unspecified atom stereocenters. The highest BCUT2D eigenvalue weighted by atomic mass is 16.5. The topological polar surface area (TPSA) is 81.7 Å². The van der Waals surface area contributed by atoms with Crippen molar-refractivity contribution in [2.45, 2.75) is 20.3 Å². The first kappa shape index (κ1) is 19.2. The molecular weight excluding hydrogens is 334 g/mol. The lowest BCUT2D eigenvalue weighted by Crippen LogP contribution is -2.21. The molecule has 0 aliphatic rings. The minimum Gasteiger partial charge on any atom is -0.493 e. The first-order chi connectivity index (χ1) is 12.5. The molecule has 1 amide bonds. The third kappa shape index (κ3) is 6.05. The van der Waals surface area contributed by atoms with Crippen molar-refractivity contribution in [1.82, 2.24) is 0 Å². The van der Waals surface area contributed by atoms with Gasteiger partial charge in [0, 0.05) is 11.3 Å². The number of ether oxygens (including phenoxy) is 2. The summed E-state index contributed by atoms with van der Waals surface area (Å²) in [4.78, 5) is 34.9. The van der Waals surface area contributed by atoms with Crippen LogP contribution in [-0.4, -0.2) is 30.9 Å². The number of benzene rings is 2. The molecular formula is C20H21NO5. The number of hydrogen-bond acceptors (Lipinski definition) is 5. The van der Waals surface area contributed by atoms with Gasteiger partial charge in [-0.3, -0.25) is 14.4 Å². The summed E-state index contributed by atoms with van der Waals surface area (Å²) in [6.45, 7) is 3.14. The lowest BCUT2D eigenvalue weighted by Gasteiger charge is -2.09. The standard InChI is InChI=1S/C20H21NO5/c1-14-6-3-4-9-18(14)25-11-10-20(24)26-13-19(23)21-17-8-5-7-16(12-17)15(2)22/h3-9,12H,10-11,13H2,1-2H3,(H,21,23). The maximum absolute atomic E-state index is 11.8. The molecule has 0 saturated carbocycles. The van der Waals surface area contributed by atoms with Crippen LogP contribution in [0.1, 0.15) is 29.3 Å². The molecule has 2 aromatic rings. The Kier molecular flexibility index (Phi) is 6.91. The Morgan fingerprint density at radius 1 is 1.04 bits per heavy atom. The van der Waals surface area contributed by atoms with Crippen LogP contribution in [0.4, 0.5) is 5.69 Å². The van der Waals surface area contributed by atoms with E-state index in [0.717, 1.165) is 5.56 Å². The number of nitrogens with one attached hydrogen (secondary N) is 1. The monoisotopic (exact) mass is 355 g/mol. The van der Waals surface area contributed by atoms with Crippen molar-refractivity contribution < 1.29 is 23.9 Å². The zero-order valence-corrected chi connectivity index (χ0v) is 14.8. The van der Waals surface area contributed by atoms with Crippen molar-refractivity contribution >= 4 is 23.3 Å². The number of esters is 1. The van der Waals surface area contributed by atoms with Gasteiger partial charge in [0.1, 0.15) is 5.75 Å². The molecule has 0 spiro atoms. The van der Waals surface area contributed by atoms with Gasteiger partial charge in [-0.15, -0.1) is 0 Å². The number of ketones is 1. The SMILES string of the molecule is CC(=O)c1cccc(NC(=O)COC(=O)CCOc2ccccc2C)c1. The molecule has 6 heteroatoms. The molecule has 0 atom stereocenters. The lowest BCUT2D eigenvalue weighted by atomic mass is 10.1. The van der Waals surface area contributed by atoms with E-state index in [1.54, 1.807) is 24.3 Å². The highest BCUT2D eigenvalue weighted by Crippen LogP contribution is 2.16. The van der Waals surface area contributed by atoms with Crippen LogP contribution in [0.25, 0.3) is 0 Å². The molecule has 0 radical (unpaired) electrons. The summed E-state index contributed by atoms with van der Waals surface area (Å²) in [6, 6.07) is 14.0. The minimum absolute atomic E-state index is 0.0431. The van der Waals surface area contributed by atoms with Crippen molar-refractivity contribution in [1.29, 1.82) is 0 Å². The average Bonchev–Trinajstić information content (AvgIpc) is 2.62. The first-order valence-electron chi connectivity index (χ1n) is 8.20. The number of para-hydroxylation sites is 1. The van der Waals surface area contributed by atoms with E-state index in [9.17, 15) is 14.4 Å². The van der Waals surface area contributed by atoms with Gasteiger partial charge in [-0.2, -0.15) is 0 Å². The Balaban J connectivity index is 1.71. The second-order valence-electron chi connectivity index (χ2n) is 5.71. The maximum Gasteiger partial charge on any atom is 0.309 e. The molecule has 0 fully saturated rings. The zero-order valence-electron chi connectivity index (χ0n) is 14.8. The van der Waals surface area contributed by atoms with E-state index in [0.29, 0.717) is 17.0 Å².